The molecule has 0 aromatic heterocycles. The molecule has 0 spiro atoms. The van der Waals surface area contributed by atoms with Crippen LogP contribution in [0.5, 0.6) is 0 Å². The van der Waals surface area contributed by atoms with Gasteiger partial charge in [-0.05, 0) is 91.3 Å². The number of nitrogens with two attached hydrogens (primary N) is 1. The second-order valence-electron chi connectivity index (χ2n) is 14.0. The highest BCUT2D eigenvalue weighted by atomic mass is 16.6. The molecule has 3 fully saturated rings. The van der Waals surface area contributed by atoms with Gasteiger partial charge < -0.3 is 21.1 Å². The molecule has 4 N–H and O–H groups in total. The number of fused-ring (bicyclic) bond motifs is 5. The van der Waals surface area contributed by atoms with Gasteiger partial charge in [0, 0.05) is 32.6 Å². The molecule has 0 aliphatic heterocycles. The highest BCUT2D eigenvalue weighted by Crippen LogP contribution is 2.67. The van der Waals surface area contributed by atoms with Crippen molar-refractivity contribution in [2.45, 2.75) is 111 Å². The second-order valence-corrected chi connectivity index (χ2v) is 14.0. The number of carbonyl (C=O) groups is 1. The van der Waals surface area contributed by atoms with Crippen LogP contribution in [0.3, 0.4) is 0 Å². The van der Waals surface area contributed by atoms with E-state index in [0.29, 0.717) is 23.9 Å². The lowest BCUT2D eigenvalue weighted by Crippen LogP contribution is -2.51. The number of amides is 1. The lowest BCUT2D eigenvalue weighted by atomic mass is 9.47. The van der Waals surface area contributed by atoms with Gasteiger partial charge in [0.1, 0.15) is 6.10 Å². The monoisotopic (exact) mass is 515 g/mol. The zero-order valence-electron chi connectivity index (χ0n) is 24.6. The SMILES string of the molecule is CC(C)CCC[C@@H](C)[C@H]1CC[C@H]2[C@@H]3CC=C4C[C@@H](OC(=O)NCCNCCN)CC[C@]4(C)[C@H]3CC[C@]12C. The predicted octanol–water partition coefficient (Wildman–Crippen LogP) is 6.67. The van der Waals surface area contributed by atoms with E-state index < -0.39 is 0 Å². The Hall–Kier alpha value is -1.07. The first kappa shape index (κ1) is 28.9. The Morgan fingerprint density at radius 2 is 1.86 bits per heavy atom. The molecule has 0 heterocycles. The van der Waals surface area contributed by atoms with E-state index in [1.807, 2.05) is 0 Å². The second kappa shape index (κ2) is 12.4. The van der Waals surface area contributed by atoms with E-state index in [2.05, 4.69) is 51.3 Å². The maximum absolute atomic E-state index is 12.4. The molecule has 1 amide bonds. The normalized spacial score (nSPS) is 37.8. The molecule has 212 valence electrons. The summed E-state index contributed by atoms with van der Waals surface area (Å²) in [6, 6.07) is 0. The molecule has 37 heavy (non-hydrogen) atoms. The fourth-order valence-electron chi connectivity index (χ4n) is 9.43. The standard InChI is InChI=1S/C32H57N3O2/c1-22(2)7-6-8-23(3)27-11-12-28-26-10-9-24-21-25(37-30(36)35-20-19-34-18-17-33)13-15-31(24,4)29(26)14-16-32(27,28)5/h9,22-23,25-29,34H,6-8,10-21,33H2,1-5H3,(H,35,36)/t23-,25+,26+,27-,28+,29+,31+,32-/m1/s1. The number of rotatable bonds is 11. The van der Waals surface area contributed by atoms with Gasteiger partial charge in [-0.3, -0.25) is 0 Å². The largest absolute Gasteiger partial charge is 0.446 e. The van der Waals surface area contributed by atoms with Crippen molar-refractivity contribution in [2.75, 3.05) is 26.2 Å². The summed E-state index contributed by atoms with van der Waals surface area (Å²) in [7, 11) is 0. The third kappa shape index (κ3) is 6.24. The Balaban J connectivity index is 1.34. The van der Waals surface area contributed by atoms with Crippen LogP contribution in [0.4, 0.5) is 4.79 Å². The first-order valence-corrected chi connectivity index (χ1v) is 15.7. The third-order valence-electron chi connectivity index (χ3n) is 11.4. The van der Waals surface area contributed by atoms with Gasteiger partial charge >= 0.3 is 6.09 Å². The van der Waals surface area contributed by atoms with Crippen LogP contribution in [0.1, 0.15) is 105 Å². The molecule has 0 aromatic rings. The molecular formula is C32H57N3O2. The van der Waals surface area contributed by atoms with Gasteiger partial charge in [-0.25, -0.2) is 4.79 Å². The lowest BCUT2D eigenvalue weighted by Gasteiger charge is -2.58. The number of ether oxygens (including phenoxy) is 1. The molecule has 0 saturated heterocycles. The van der Waals surface area contributed by atoms with Crippen molar-refractivity contribution in [3.8, 4) is 0 Å². The molecule has 5 heteroatoms. The maximum atomic E-state index is 12.4. The quantitative estimate of drug-likeness (QED) is 0.212. The first-order valence-electron chi connectivity index (χ1n) is 15.7. The summed E-state index contributed by atoms with van der Waals surface area (Å²) >= 11 is 0. The molecule has 4 rings (SSSR count). The minimum Gasteiger partial charge on any atom is -0.446 e. The molecule has 5 nitrogen and oxygen atoms in total. The molecule has 0 unspecified atom stereocenters. The van der Waals surface area contributed by atoms with E-state index in [9.17, 15) is 4.79 Å². The third-order valence-corrected chi connectivity index (χ3v) is 11.4. The van der Waals surface area contributed by atoms with Crippen LogP contribution in [-0.2, 0) is 4.74 Å². The van der Waals surface area contributed by atoms with Gasteiger partial charge in [0.25, 0.3) is 0 Å². The van der Waals surface area contributed by atoms with Crippen LogP contribution in [0.25, 0.3) is 0 Å². The van der Waals surface area contributed by atoms with Crippen LogP contribution in [0.15, 0.2) is 11.6 Å². The van der Waals surface area contributed by atoms with Crippen LogP contribution in [0.2, 0.25) is 0 Å². The molecule has 0 bridgehead atoms. The summed E-state index contributed by atoms with van der Waals surface area (Å²) in [5, 5.41) is 6.09. The van der Waals surface area contributed by atoms with Crippen LogP contribution in [0, 0.1) is 46.3 Å². The molecule has 3 saturated carbocycles. The highest BCUT2D eigenvalue weighted by Gasteiger charge is 2.59. The first-order chi connectivity index (χ1) is 17.7. The van der Waals surface area contributed by atoms with Gasteiger partial charge in [-0.1, -0.05) is 65.5 Å². The maximum Gasteiger partial charge on any atom is 0.407 e. The fourth-order valence-corrected chi connectivity index (χ4v) is 9.43. The zero-order valence-corrected chi connectivity index (χ0v) is 24.6. The summed E-state index contributed by atoms with van der Waals surface area (Å²) in [6.45, 7) is 15.2. The van der Waals surface area contributed by atoms with Gasteiger partial charge in [-0.2, -0.15) is 0 Å². The van der Waals surface area contributed by atoms with E-state index in [1.54, 1.807) is 5.57 Å². The smallest absolute Gasteiger partial charge is 0.407 e. The summed E-state index contributed by atoms with van der Waals surface area (Å²) in [4.78, 5) is 12.4. The topological polar surface area (TPSA) is 76.4 Å². The van der Waals surface area contributed by atoms with Crippen LogP contribution >= 0.6 is 0 Å². The zero-order chi connectivity index (χ0) is 26.6. The molecule has 0 radical (unpaired) electrons. The van der Waals surface area contributed by atoms with Crippen molar-refractivity contribution < 1.29 is 9.53 Å². The molecule has 8 atom stereocenters. The van der Waals surface area contributed by atoms with Crippen molar-refractivity contribution in [3.63, 3.8) is 0 Å². The highest BCUT2D eigenvalue weighted by molar-refractivity contribution is 5.67. The Bertz CT molecular complexity index is 797. The molecule has 0 aromatic carbocycles. The Kier molecular flexibility index (Phi) is 9.70. The molecule has 4 aliphatic rings. The number of hydrogen-bond acceptors (Lipinski definition) is 4. The summed E-state index contributed by atoms with van der Waals surface area (Å²) < 4.78 is 5.86. The summed E-state index contributed by atoms with van der Waals surface area (Å²) in [6.07, 6.45) is 16.6. The predicted molar refractivity (Wildman–Crippen MR) is 153 cm³/mol. The van der Waals surface area contributed by atoms with Crippen molar-refractivity contribution in [3.05, 3.63) is 11.6 Å². The van der Waals surface area contributed by atoms with E-state index in [0.717, 1.165) is 67.9 Å². The minimum atomic E-state index is -0.273. The molecule has 4 aliphatic carbocycles. The number of hydrogen-bond donors (Lipinski definition) is 3. The van der Waals surface area contributed by atoms with Crippen LogP contribution < -0.4 is 16.4 Å². The van der Waals surface area contributed by atoms with Crippen molar-refractivity contribution in [2.24, 2.45) is 52.1 Å². The van der Waals surface area contributed by atoms with Crippen molar-refractivity contribution >= 4 is 6.09 Å². The van der Waals surface area contributed by atoms with E-state index in [1.165, 1.54) is 51.4 Å². The van der Waals surface area contributed by atoms with Crippen LogP contribution in [-0.4, -0.2) is 38.4 Å². The van der Waals surface area contributed by atoms with Gasteiger partial charge in [-0.15, -0.1) is 0 Å². The number of allylic oxidation sites excluding steroid dienone is 1. The molecular weight excluding hydrogens is 458 g/mol. The van der Waals surface area contributed by atoms with Crippen molar-refractivity contribution in [1.82, 2.24) is 10.6 Å². The van der Waals surface area contributed by atoms with E-state index in [-0.39, 0.29) is 12.2 Å². The van der Waals surface area contributed by atoms with Gasteiger partial charge in [0.05, 0.1) is 0 Å². The number of alkyl carbamates (subject to hydrolysis) is 1. The average Bonchev–Trinajstić information content (AvgIpc) is 3.21. The summed E-state index contributed by atoms with van der Waals surface area (Å²) in [5.41, 5.74) is 7.92. The van der Waals surface area contributed by atoms with E-state index in [4.69, 9.17) is 10.5 Å². The lowest BCUT2D eigenvalue weighted by molar-refractivity contribution is -0.0581. The number of carbonyl (C=O) groups excluding carboxylic acids is 1. The fraction of sp³-hybridized carbons (Fsp3) is 0.906. The Morgan fingerprint density at radius 1 is 1.05 bits per heavy atom. The Morgan fingerprint density at radius 3 is 2.62 bits per heavy atom. The van der Waals surface area contributed by atoms with Gasteiger partial charge in [0.15, 0.2) is 0 Å². The van der Waals surface area contributed by atoms with Crippen molar-refractivity contribution in [1.29, 1.82) is 0 Å². The Labute approximate surface area is 227 Å². The number of nitrogens with one attached hydrogen (secondary N) is 2. The van der Waals surface area contributed by atoms with Gasteiger partial charge in [0.2, 0.25) is 0 Å². The minimum absolute atomic E-state index is 0.0179. The summed E-state index contributed by atoms with van der Waals surface area (Å²) in [5.74, 6) is 5.16. The van der Waals surface area contributed by atoms with E-state index >= 15 is 0 Å². The average molecular weight is 516 g/mol.